The highest BCUT2D eigenvalue weighted by molar-refractivity contribution is 7.80. The van der Waals surface area contributed by atoms with Gasteiger partial charge in [0.2, 0.25) is 0 Å². The molecule has 4 aromatic carbocycles. The van der Waals surface area contributed by atoms with Crippen molar-refractivity contribution in [3.8, 4) is 5.75 Å². The van der Waals surface area contributed by atoms with Crippen molar-refractivity contribution in [1.82, 2.24) is 5.32 Å². The molecule has 0 unspecified atom stereocenters. The van der Waals surface area contributed by atoms with Crippen molar-refractivity contribution >= 4 is 80.9 Å². The van der Waals surface area contributed by atoms with Crippen molar-refractivity contribution in [2.24, 2.45) is 0 Å². The van der Waals surface area contributed by atoms with Crippen LogP contribution in [0.2, 0.25) is 10.0 Å². The number of hydrogen-bond donors (Lipinski definition) is 2. The van der Waals surface area contributed by atoms with Crippen molar-refractivity contribution in [2.75, 3.05) is 4.90 Å². The molecule has 2 N–H and O–H groups in total. The van der Waals surface area contributed by atoms with Crippen LogP contribution in [-0.2, 0) is 16.2 Å². The van der Waals surface area contributed by atoms with Gasteiger partial charge in [0.25, 0.3) is 11.8 Å². The number of fused-ring (bicyclic) bond motifs is 1. The molecule has 2 amide bonds. The van der Waals surface area contributed by atoms with Gasteiger partial charge in [0.1, 0.15) is 17.9 Å². The summed E-state index contributed by atoms with van der Waals surface area (Å²) in [6.07, 6.45) is 1.45. The van der Waals surface area contributed by atoms with Gasteiger partial charge >= 0.3 is 5.97 Å². The van der Waals surface area contributed by atoms with E-state index in [0.29, 0.717) is 26.9 Å². The minimum absolute atomic E-state index is 0.0314. The maximum atomic E-state index is 13.6. The lowest BCUT2D eigenvalue weighted by molar-refractivity contribution is -0.122. The Morgan fingerprint density at radius 1 is 1.00 bits per heavy atom. The van der Waals surface area contributed by atoms with E-state index in [1.54, 1.807) is 24.3 Å². The second-order valence-corrected chi connectivity index (χ2v) is 9.77. The largest absolute Gasteiger partial charge is 0.488 e. The van der Waals surface area contributed by atoms with Crippen molar-refractivity contribution in [3.63, 3.8) is 0 Å². The average Bonchev–Trinajstić information content (AvgIpc) is 2.91. The van der Waals surface area contributed by atoms with Gasteiger partial charge in [-0.1, -0.05) is 65.7 Å². The summed E-state index contributed by atoms with van der Waals surface area (Å²) in [4.78, 5) is 39.2. The van der Waals surface area contributed by atoms with Crippen molar-refractivity contribution in [3.05, 3.63) is 111 Å². The normalized spacial score (nSPS) is 14.6. The van der Waals surface area contributed by atoms with E-state index in [0.717, 1.165) is 15.7 Å². The molecule has 194 valence electrons. The predicted octanol–water partition coefficient (Wildman–Crippen LogP) is 6.26. The molecular formula is C29H18Cl2N2O5S. The third-order valence-corrected chi connectivity index (χ3v) is 6.94. The highest BCUT2D eigenvalue weighted by Crippen LogP contribution is 2.33. The van der Waals surface area contributed by atoms with E-state index in [2.05, 4.69) is 5.32 Å². The molecule has 1 aliphatic rings. The summed E-state index contributed by atoms with van der Waals surface area (Å²) < 4.78 is 6.12. The molecule has 0 aromatic heterocycles. The lowest BCUT2D eigenvalue weighted by Gasteiger charge is -2.29. The third kappa shape index (κ3) is 5.35. The van der Waals surface area contributed by atoms with Gasteiger partial charge in [-0.15, -0.1) is 0 Å². The first-order chi connectivity index (χ1) is 18.7. The number of carbonyl (C=O) groups is 3. The smallest absolute Gasteiger partial charge is 0.335 e. The molecule has 1 fully saturated rings. The number of hydrogen-bond acceptors (Lipinski definition) is 5. The number of nitrogens with one attached hydrogen (secondary N) is 1. The highest BCUT2D eigenvalue weighted by Gasteiger charge is 2.35. The summed E-state index contributed by atoms with van der Waals surface area (Å²) in [6, 6.07) is 21.9. The number of halogens is 2. The second-order valence-electron chi connectivity index (χ2n) is 8.54. The maximum absolute atomic E-state index is 13.6. The first kappa shape index (κ1) is 26.4. The van der Waals surface area contributed by atoms with Crippen molar-refractivity contribution in [2.45, 2.75) is 6.61 Å². The van der Waals surface area contributed by atoms with Gasteiger partial charge in [-0.05, 0) is 65.5 Å². The molecule has 39 heavy (non-hydrogen) atoms. The number of thiocarbonyl (C=S) groups is 1. The molecule has 10 heteroatoms. The van der Waals surface area contributed by atoms with Gasteiger partial charge in [0.15, 0.2) is 5.11 Å². The van der Waals surface area contributed by atoms with Crippen molar-refractivity contribution < 1.29 is 24.2 Å². The first-order valence-corrected chi connectivity index (χ1v) is 12.7. The van der Waals surface area contributed by atoms with Crippen molar-refractivity contribution in [1.29, 1.82) is 0 Å². The zero-order chi connectivity index (χ0) is 27.7. The molecule has 1 heterocycles. The molecule has 0 saturated carbocycles. The van der Waals surface area contributed by atoms with Gasteiger partial charge in [0.05, 0.1) is 11.3 Å². The number of ether oxygens (including phenoxy) is 1. The summed E-state index contributed by atoms with van der Waals surface area (Å²) in [7, 11) is 0. The van der Waals surface area contributed by atoms with Crippen LogP contribution in [0.5, 0.6) is 5.75 Å². The minimum atomic E-state index is -1.16. The van der Waals surface area contributed by atoms with Crippen LogP contribution in [0.4, 0.5) is 5.69 Å². The number of carboxylic acid groups (broad SMARTS) is 1. The SMILES string of the molecule is O=C1NC(=S)N(c2cccc(C(=O)O)c2)C(=O)C1=Cc1c(OCc2ccc(Cl)cc2Cl)ccc2ccccc12. The number of nitrogens with zero attached hydrogens (tertiary/aromatic N) is 1. The molecule has 0 bridgehead atoms. The Hall–Kier alpha value is -4.24. The Bertz CT molecular complexity index is 1720. The fraction of sp³-hybridized carbons (Fsp3) is 0.0345. The van der Waals surface area contributed by atoms with Gasteiger partial charge in [-0.25, -0.2) is 4.79 Å². The average molecular weight is 577 g/mol. The number of carbonyl (C=O) groups excluding carboxylic acids is 2. The monoisotopic (exact) mass is 576 g/mol. The fourth-order valence-electron chi connectivity index (χ4n) is 4.16. The van der Waals surface area contributed by atoms with E-state index in [1.807, 2.05) is 30.3 Å². The van der Waals surface area contributed by atoms with Crippen LogP contribution in [0.1, 0.15) is 21.5 Å². The van der Waals surface area contributed by atoms with Crippen LogP contribution in [-0.4, -0.2) is 28.0 Å². The molecule has 5 rings (SSSR count). The zero-order valence-electron chi connectivity index (χ0n) is 20.0. The van der Waals surface area contributed by atoms with Gasteiger partial charge in [0, 0.05) is 21.2 Å². The lowest BCUT2D eigenvalue weighted by Crippen LogP contribution is -2.54. The standard InChI is InChI=1S/C29H18Cl2N2O5S/c30-19-10-8-18(24(31)13-19)15-38-25-11-9-16-4-1-2-7-21(16)22(25)14-23-26(34)32-29(39)33(27(23)35)20-6-3-5-17(12-20)28(36)37/h1-14H,15H2,(H,36,37)(H,32,34,39). The molecule has 0 spiro atoms. The Kier molecular flexibility index (Phi) is 7.34. The molecular weight excluding hydrogens is 559 g/mol. The first-order valence-electron chi connectivity index (χ1n) is 11.6. The molecule has 1 saturated heterocycles. The van der Waals surface area contributed by atoms with Crippen LogP contribution in [0, 0.1) is 0 Å². The van der Waals surface area contributed by atoms with Crippen LogP contribution >= 0.6 is 35.4 Å². The Balaban J connectivity index is 1.58. The third-order valence-electron chi connectivity index (χ3n) is 6.07. The van der Waals surface area contributed by atoms with Gasteiger partial charge in [-0.3, -0.25) is 19.8 Å². The van der Waals surface area contributed by atoms with Gasteiger partial charge in [-0.2, -0.15) is 0 Å². The maximum Gasteiger partial charge on any atom is 0.335 e. The summed E-state index contributed by atoms with van der Waals surface area (Å²) in [5.41, 5.74) is 1.19. The molecule has 4 aromatic rings. The number of amides is 2. The molecule has 7 nitrogen and oxygen atoms in total. The van der Waals surface area contributed by atoms with E-state index in [4.69, 9.17) is 40.2 Å². The van der Waals surface area contributed by atoms with E-state index in [-0.39, 0.29) is 28.5 Å². The Morgan fingerprint density at radius 3 is 2.56 bits per heavy atom. The topological polar surface area (TPSA) is 95.9 Å². The molecule has 1 aliphatic heterocycles. The molecule has 0 atom stereocenters. The van der Waals surface area contributed by atoms with E-state index < -0.39 is 17.8 Å². The number of carboxylic acids is 1. The number of rotatable bonds is 6. The van der Waals surface area contributed by atoms with Crippen LogP contribution in [0.3, 0.4) is 0 Å². The predicted molar refractivity (Wildman–Crippen MR) is 154 cm³/mol. The summed E-state index contributed by atoms with van der Waals surface area (Å²) in [5.74, 6) is -2.13. The zero-order valence-corrected chi connectivity index (χ0v) is 22.3. The number of benzene rings is 4. The summed E-state index contributed by atoms with van der Waals surface area (Å²) in [5, 5.41) is 14.3. The van der Waals surface area contributed by atoms with Crippen LogP contribution in [0.15, 0.2) is 84.4 Å². The second kappa shape index (κ2) is 10.9. The summed E-state index contributed by atoms with van der Waals surface area (Å²) >= 11 is 17.6. The fourth-order valence-corrected chi connectivity index (χ4v) is 4.90. The Morgan fingerprint density at radius 2 is 1.79 bits per heavy atom. The van der Waals surface area contributed by atoms with Crippen LogP contribution in [0.25, 0.3) is 16.8 Å². The van der Waals surface area contributed by atoms with E-state index >= 15 is 0 Å². The number of anilines is 1. The molecule has 0 radical (unpaired) electrons. The Labute approximate surface area is 238 Å². The highest BCUT2D eigenvalue weighted by atomic mass is 35.5. The quantitative estimate of drug-likeness (QED) is 0.160. The number of aromatic carboxylic acids is 1. The molecule has 0 aliphatic carbocycles. The van der Waals surface area contributed by atoms with Crippen LogP contribution < -0.4 is 15.0 Å². The van der Waals surface area contributed by atoms with Gasteiger partial charge < -0.3 is 9.84 Å². The lowest BCUT2D eigenvalue weighted by atomic mass is 9.99. The summed E-state index contributed by atoms with van der Waals surface area (Å²) in [6.45, 7) is 0.114. The van der Waals surface area contributed by atoms with E-state index in [1.165, 1.54) is 30.3 Å². The minimum Gasteiger partial charge on any atom is -0.488 e. The van der Waals surface area contributed by atoms with E-state index in [9.17, 15) is 19.5 Å².